The monoisotopic (exact) mass is 395 g/mol. The van der Waals surface area contributed by atoms with Gasteiger partial charge in [0.05, 0.1) is 0 Å². The molecule has 0 aliphatic carbocycles. The first-order valence-corrected chi connectivity index (χ1v) is 10.8. The number of rotatable bonds is 6. The molecule has 1 saturated heterocycles. The Hall–Kier alpha value is -2.63. The number of hydrogen-bond donors (Lipinski definition) is 1. The largest absolute Gasteiger partial charge is 0.368 e. The summed E-state index contributed by atoms with van der Waals surface area (Å²) in [4.78, 5) is 41.1. The van der Waals surface area contributed by atoms with Gasteiger partial charge in [0.2, 0.25) is 0 Å². The molecule has 6 nitrogen and oxygen atoms in total. The van der Waals surface area contributed by atoms with E-state index in [2.05, 4.69) is 36.2 Å². The summed E-state index contributed by atoms with van der Waals surface area (Å²) in [7, 11) is 0. The van der Waals surface area contributed by atoms with Crippen molar-refractivity contribution in [1.29, 1.82) is 0 Å². The molecular formula is C23H29N3O3. The summed E-state index contributed by atoms with van der Waals surface area (Å²) < 4.78 is 0. The highest BCUT2D eigenvalue weighted by molar-refractivity contribution is 6.31. The zero-order valence-corrected chi connectivity index (χ0v) is 17.3. The number of carbonyl (C=O) groups excluding carboxylic acids is 3. The van der Waals surface area contributed by atoms with Crippen LogP contribution in [0.25, 0.3) is 6.08 Å². The van der Waals surface area contributed by atoms with Crippen molar-refractivity contribution in [2.45, 2.75) is 64.8 Å². The van der Waals surface area contributed by atoms with Crippen LogP contribution in [0.1, 0.15) is 62.6 Å². The molecule has 3 aliphatic heterocycles. The van der Waals surface area contributed by atoms with Gasteiger partial charge in [0, 0.05) is 24.8 Å². The Kier molecular flexibility index (Phi) is 5.43. The van der Waals surface area contributed by atoms with E-state index in [1.165, 1.54) is 21.7 Å². The number of nitrogens with zero attached hydrogens (tertiary/aromatic N) is 2. The summed E-state index contributed by atoms with van der Waals surface area (Å²) >= 11 is 0. The molecule has 0 bridgehead atoms. The van der Waals surface area contributed by atoms with Crippen LogP contribution in [0.3, 0.4) is 0 Å². The van der Waals surface area contributed by atoms with Gasteiger partial charge in [-0.3, -0.25) is 19.8 Å². The summed E-state index contributed by atoms with van der Waals surface area (Å²) in [5.41, 5.74) is 4.84. The molecule has 0 aromatic heterocycles. The molecular weight excluding hydrogens is 366 g/mol. The van der Waals surface area contributed by atoms with Crippen molar-refractivity contribution in [3.63, 3.8) is 0 Å². The number of urea groups is 1. The van der Waals surface area contributed by atoms with E-state index in [9.17, 15) is 14.4 Å². The maximum absolute atomic E-state index is 12.9. The minimum atomic E-state index is -0.609. The fourth-order valence-corrected chi connectivity index (χ4v) is 4.77. The summed E-state index contributed by atoms with van der Waals surface area (Å²) in [5.74, 6) is -1.09. The summed E-state index contributed by atoms with van der Waals surface area (Å²) in [5, 5.41) is 2.33. The van der Waals surface area contributed by atoms with Gasteiger partial charge < -0.3 is 4.90 Å². The molecule has 1 fully saturated rings. The third-order valence-electron chi connectivity index (χ3n) is 6.20. The van der Waals surface area contributed by atoms with Gasteiger partial charge in [0.15, 0.2) is 0 Å². The van der Waals surface area contributed by atoms with E-state index in [0.29, 0.717) is 12.6 Å². The number of aryl methyl sites for hydroxylation is 1. The van der Waals surface area contributed by atoms with Gasteiger partial charge in [0.1, 0.15) is 5.57 Å². The maximum atomic E-state index is 12.9. The highest BCUT2D eigenvalue weighted by Gasteiger charge is 2.36. The minimum Gasteiger partial charge on any atom is -0.368 e. The molecule has 1 aromatic rings. The maximum Gasteiger partial charge on any atom is 0.331 e. The molecule has 1 N–H and O–H groups in total. The van der Waals surface area contributed by atoms with Gasteiger partial charge >= 0.3 is 6.03 Å². The molecule has 3 aliphatic rings. The standard InChI is InChI=1S/C23H29N3O3/c1-3-4-5-6-9-26-22(28)19(21(27)24-23(26)29)14-16-12-17-8-7-10-25-15(2)11-18(13-16)20(17)25/h12-15H,3-11H2,1-2H3,(H,24,27,29)/b19-14+. The van der Waals surface area contributed by atoms with Crippen molar-refractivity contribution in [2.75, 3.05) is 18.0 Å². The topological polar surface area (TPSA) is 69.7 Å². The molecule has 4 amide bonds. The lowest BCUT2D eigenvalue weighted by Crippen LogP contribution is -2.54. The molecule has 0 saturated carbocycles. The normalized spacial score (nSPS) is 22.3. The second-order valence-corrected chi connectivity index (χ2v) is 8.37. The van der Waals surface area contributed by atoms with Crippen molar-refractivity contribution < 1.29 is 14.4 Å². The lowest BCUT2D eigenvalue weighted by molar-refractivity contribution is -0.130. The van der Waals surface area contributed by atoms with Crippen LogP contribution in [0.4, 0.5) is 10.5 Å². The third kappa shape index (κ3) is 3.68. The number of amides is 4. The average molecular weight is 396 g/mol. The number of anilines is 1. The number of benzene rings is 1. The number of nitrogens with one attached hydrogen (secondary N) is 1. The molecule has 3 heterocycles. The van der Waals surface area contributed by atoms with Gasteiger partial charge in [-0.2, -0.15) is 0 Å². The molecule has 4 rings (SSSR count). The number of hydrogen-bond acceptors (Lipinski definition) is 4. The Labute approximate surface area is 171 Å². The minimum absolute atomic E-state index is 0.0472. The zero-order chi connectivity index (χ0) is 20.5. The first-order chi connectivity index (χ1) is 14.0. The van der Waals surface area contributed by atoms with Crippen LogP contribution in [-0.2, 0) is 22.4 Å². The van der Waals surface area contributed by atoms with Crippen molar-refractivity contribution >= 4 is 29.6 Å². The Balaban J connectivity index is 1.60. The van der Waals surface area contributed by atoms with E-state index < -0.39 is 17.8 Å². The van der Waals surface area contributed by atoms with Crippen molar-refractivity contribution in [3.05, 3.63) is 34.4 Å². The summed E-state index contributed by atoms with van der Waals surface area (Å²) in [6, 6.07) is 4.07. The van der Waals surface area contributed by atoms with Crippen molar-refractivity contribution in [3.8, 4) is 0 Å². The van der Waals surface area contributed by atoms with E-state index in [4.69, 9.17) is 0 Å². The van der Waals surface area contributed by atoms with Crippen LogP contribution in [-0.4, -0.2) is 41.9 Å². The molecule has 1 aromatic carbocycles. The second-order valence-electron chi connectivity index (χ2n) is 8.37. The zero-order valence-electron chi connectivity index (χ0n) is 17.3. The summed E-state index contributed by atoms with van der Waals surface area (Å²) in [6.07, 6.45) is 8.65. The smallest absolute Gasteiger partial charge is 0.331 e. The lowest BCUT2D eigenvalue weighted by atomic mass is 9.95. The molecule has 29 heavy (non-hydrogen) atoms. The van der Waals surface area contributed by atoms with Gasteiger partial charge in [-0.05, 0) is 67.5 Å². The number of barbiturate groups is 1. The fourth-order valence-electron chi connectivity index (χ4n) is 4.77. The summed E-state index contributed by atoms with van der Waals surface area (Å²) in [6.45, 7) is 5.80. The number of unbranched alkanes of at least 4 members (excludes halogenated alkanes) is 3. The molecule has 1 atom stereocenters. The molecule has 154 valence electrons. The van der Waals surface area contributed by atoms with Crippen LogP contribution in [0.2, 0.25) is 0 Å². The average Bonchev–Trinajstić information content (AvgIpc) is 3.01. The van der Waals surface area contributed by atoms with Gasteiger partial charge in [0.25, 0.3) is 11.8 Å². The Bertz CT molecular complexity index is 890. The highest BCUT2D eigenvalue weighted by atomic mass is 16.2. The molecule has 1 unspecified atom stereocenters. The lowest BCUT2D eigenvalue weighted by Gasteiger charge is -2.31. The molecule has 0 spiro atoms. The van der Waals surface area contributed by atoms with Gasteiger partial charge in [-0.1, -0.05) is 26.2 Å². The van der Waals surface area contributed by atoms with E-state index >= 15 is 0 Å². The third-order valence-corrected chi connectivity index (χ3v) is 6.20. The van der Waals surface area contributed by atoms with E-state index in [-0.39, 0.29) is 5.57 Å². The molecule has 6 heteroatoms. The number of imide groups is 2. The molecule has 0 radical (unpaired) electrons. The predicted molar refractivity (Wildman–Crippen MR) is 113 cm³/mol. The van der Waals surface area contributed by atoms with Crippen LogP contribution in [0.15, 0.2) is 17.7 Å². The van der Waals surface area contributed by atoms with E-state index in [1.54, 1.807) is 6.08 Å². The van der Waals surface area contributed by atoms with Crippen LogP contribution in [0.5, 0.6) is 0 Å². The quantitative estimate of drug-likeness (QED) is 0.455. The Morgan fingerprint density at radius 2 is 1.93 bits per heavy atom. The van der Waals surface area contributed by atoms with Crippen LogP contribution < -0.4 is 10.2 Å². The first kappa shape index (κ1) is 19.7. The Morgan fingerprint density at radius 1 is 1.14 bits per heavy atom. The first-order valence-electron chi connectivity index (χ1n) is 10.8. The van der Waals surface area contributed by atoms with E-state index in [1.807, 2.05) is 0 Å². The highest BCUT2D eigenvalue weighted by Crippen LogP contribution is 2.40. The van der Waals surface area contributed by atoms with Crippen LogP contribution >= 0.6 is 0 Å². The van der Waals surface area contributed by atoms with Gasteiger partial charge in [-0.15, -0.1) is 0 Å². The van der Waals surface area contributed by atoms with Crippen molar-refractivity contribution in [1.82, 2.24) is 10.2 Å². The van der Waals surface area contributed by atoms with E-state index in [0.717, 1.165) is 57.1 Å². The van der Waals surface area contributed by atoms with Crippen molar-refractivity contribution in [2.24, 2.45) is 0 Å². The number of carbonyl (C=O) groups is 3. The SMILES string of the molecule is CCCCCCN1C(=O)NC(=O)/C(=C\c2cc3c4c(c2)CC(C)N4CCC3)C1=O. The van der Waals surface area contributed by atoms with Crippen LogP contribution in [0, 0.1) is 0 Å². The van der Waals surface area contributed by atoms with Gasteiger partial charge in [-0.25, -0.2) is 4.79 Å². The predicted octanol–water partition coefficient (Wildman–Crippen LogP) is 3.43. The second kappa shape index (κ2) is 8.01. The Morgan fingerprint density at radius 3 is 2.72 bits per heavy atom. The fraction of sp³-hybridized carbons (Fsp3) is 0.522.